The Hall–Kier alpha value is -3.15. The molecule has 6 nitrogen and oxygen atoms in total. The van der Waals surface area contributed by atoms with E-state index in [-0.39, 0.29) is 37.3 Å². The second-order valence-electron chi connectivity index (χ2n) is 11.2. The number of carbonyl (C=O) groups is 3. The van der Waals surface area contributed by atoms with Crippen LogP contribution < -0.4 is 4.74 Å². The predicted octanol–water partition coefficient (Wildman–Crippen LogP) is 5.66. The molecule has 38 heavy (non-hydrogen) atoms. The molecule has 0 aromatic heterocycles. The maximum Gasteiger partial charge on any atom is 0.320 e. The number of fused-ring (bicyclic) bond motifs is 5. The van der Waals surface area contributed by atoms with Gasteiger partial charge in [-0.1, -0.05) is 43.3 Å². The lowest BCUT2D eigenvalue weighted by Gasteiger charge is -2.50. The molecule has 0 saturated heterocycles. The highest BCUT2D eigenvalue weighted by Crippen LogP contribution is 2.63. The fourth-order valence-electron chi connectivity index (χ4n) is 7.56. The number of hydrogen-bond acceptors (Lipinski definition) is 6. The number of hydrogen-bond donors (Lipinski definition) is 0. The Balaban J connectivity index is 1.41. The molecule has 0 amide bonds. The van der Waals surface area contributed by atoms with E-state index in [0.29, 0.717) is 12.5 Å². The van der Waals surface area contributed by atoms with E-state index in [1.54, 1.807) is 13.8 Å². The Labute approximate surface area is 225 Å². The molecule has 5 atom stereocenters. The van der Waals surface area contributed by atoms with E-state index in [1.807, 2.05) is 18.2 Å². The molecule has 0 heterocycles. The van der Waals surface area contributed by atoms with Crippen molar-refractivity contribution >= 4 is 17.7 Å². The Morgan fingerprint density at radius 3 is 2.39 bits per heavy atom. The SMILES string of the molecule is CCOC(=O)C(C(=O)OCC)[C@@H]1CC(=O)[C@@]2(C)CC[C@@H]3c4ccc(OCc5ccccc5)cc4CC[C@H]3[C@H]12. The van der Waals surface area contributed by atoms with Gasteiger partial charge in [-0.2, -0.15) is 0 Å². The molecule has 0 radical (unpaired) electrons. The Morgan fingerprint density at radius 1 is 1.00 bits per heavy atom. The first kappa shape index (κ1) is 26.5. The standard InChI is InChI=1S/C32H38O6/c1-4-36-30(34)28(31(35)37-5-2)26-18-27(33)32(3)16-15-24-23-14-12-22(38-19-20-9-7-6-8-10-20)17-21(23)11-13-25(24)29(26)32/h6-10,12,14,17,24-26,28-29H,4-5,11,13,15-16,18-19H2,1-3H3/t24-,25-,26+,29-,32-/m1/s1. The summed E-state index contributed by atoms with van der Waals surface area (Å²) in [5, 5.41) is 0. The topological polar surface area (TPSA) is 78.9 Å². The Bertz CT molecular complexity index is 1170. The molecule has 2 aromatic carbocycles. The van der Waals surface area contributed by atoms with Crippen LogP contribution >= 0.6 is 0 Å². The van der Waals surface area contributed by atoms with E-state index < -0.39 is 29.2 Å². The first-order chi connectivity index (χ1) is 18.4. The van der Waals surface area contributed by atoms with Gasteiger partial charge in [0.25, 0.3) is 0 Å². The third-order valence-electron chi connectivity index (χ3n) is 9.23. The van der Waals surface area contributed by atoms with E-state index >= 15 is 0 Å². The van der Waals surface area contributed by atoms with E-state index in [1.165, 1.54) is 11.1 Å². The average Bonchev–Trinajstić information content (AvgIpc) is 3.18. The van der Waals surface area contributed by atoms with Crippen molar-refractivity contribution < 1.29 is 28.6 Å². The summed E-state index contributed by atoms with van der Waals surface area (Å²) in [5.41, 5.74) is 3.22. The van der Waals surface area contributed by atoms with Gasteiger partial charge in [-0.05, 0) is 92.0 Å². The third-order valence-corrected chi connectivity index (χ3v) is 9.23. The van der Waals surface area contributed by atoms with Crippen LogP contribution in [0.5, 0.6) is 5.75 Å². The van der Waals surface area contributed by atoms with Crippen LogP contribution in [0, 0.1) is 29.1 Å². The summed E-state index contributed by atoms with van der Waals surface area (Å²) in [5.74, 6) is -1.09. The van der Waals surface area contributed by atoms with Crippen molar-refractivity contribution in [1.29, 1.82) is 0 Å². The van der Waals surface area contributed by atoms with E-state index in [0.717, 1.165) is 37.0 Å². The van der Waals surface area contributed by atoms with Gasteiger partial charge < -0.3 is 14.2 Å². The normalized spacial score (nSPS) is 27.7. The predicted molar refractivity (Wildman–Crippen MR) is 142 cm³/mol. The van der Waals surface area contributed by atoms with Crippen LogP contribution in [0.1, 0.15) is 69.1 Å². The highest BCUT2D eigenvalue weighted by atomic mass is 16.6. The van der Waals surface area contributed by atoms with Gasteiger partial charge >= 0.3 is 11.9 Å². The van der Waals surface area contributed by atoms with Crippen molar-refractivity contribution in [3.63, 3.8) is 0 Å². The van der Waals surface area contributed by atoms with Crippen molar-refractivity contribution in [3.8, 4) is 5.75 Å². The molecule has 2 fully saturated rings. The number of rotatable bonds is 8. The van der Waals surface area contributed by atoms with Gasteiger partial charge in [0, 0.05) is 11.8 Å². The van der Waals surface area contributed by atoms with Crippen LogP contribution in [0.4, 0.5) is 0 Å². The number of carbonyl (C=O) groups excluding carboxylic acids is 3. The number of Topliss-reactive ketones (excluding diaryl/α,β-unsaturated/α-hetero) is 1. The Morgan fingerprint density at radius 2 is 1.71 bits per heavy atom. The van der Waals surface area contributed by atoms with Crippen molar-refractivity contribution in [3.05, 3.63) is 65.2 Å². The zero-order valence-corrected chi connectivity index (χ0v) is 22.6. The summed E-state index contributed by atoms with van der Waals surface area (Å²) < 4.78 is 16.7. The second-order valence-corrected chi connectivity index (χ2v) is 11.2. The molecule has 3 aliphatic carbocycles. The van der Waals surface area contributed by atoms with Crippen molar-refractivity contribution in [2.75, 3.05) is 13.2 Å². The van der Waals surface area contributed by atoms with Crippen molar-refractivity contribution in [2.45, 2.75) is 65.4 Å². The molecule has 0 N–H and O–H groups in total. The molecule has 3 aliphatic rings. The number of esters is 2. The van der Waals surface area contributed by atoms with Crippen molar-refractivity contribution in [1.82, 2.24) is 0 Å². The average molecular weight is 519 g/mol. The monoisotopic (exact) mass is 518 g/mol. The van der Waals surface area contributed by atoms with E-state index in [9.17, 15) is 14.4 Å². The summed E-state index contributed by atoms with van der Waals surface area (Å²) in [6.07, 6.45) is 3.72. The van der Waals surface area contributed by atoms with Gasteiger partial charge in [-0.25, -0.2) is 0 Å². The van der Waals surface area contributed by atoms with Gasteiger partial charge in [-0.3, -0.25) is 14.4 Å². The van der Waals surface area contributed by atoms with Crippen LogP contribution in [-0.4, -0.2) is 30.9 Å². The van der Waals surface area contributed by atoms with Crippen LogP contribution in [0.25, 0.3) is 0 Å². The quantitative estimate of drug-likeness (QED) is 0.332. The molecular formula is C32H38O6. The minimum atomic E-state index is -1.06. The molecule has 2 aromatic rings. The molecular weight excluding hydrogens is 480 g/mol. The summed E-state index contributed by atoms with van der Waals surface area (Å²) in [6.45, 7) is 6.42. The lowest BCUT2D eigenvalue weighted by Crippen LogP contribution is -2.47. The number of benzene rings is 2. The lowest BCUT2D eigenvalue weighted by molar-refractivity contribution is -0.166. The summed E-state index contributed by atoms with van der Waals surface area (Å²) in [7, 11) is 0. The minimum absolute atomic E-state index is 0.0604. The molecule has 5 rings (SSSR count). The number of ether oxygens (including phenoxy) is 3. The zero-order valence-electron chi connectivity index (χ0n) is 22.6. The maximum atomic E-state index is 13.4. The fraction of sp³-hybridized carbons (Fsp3) is 0.531. The molecule has 0 unspecified atom stereocenters. The molecule has 0 bridgehead atoms. The van der Waals surface area contributed by atoms with E-state index in [4.69, 9.17) is 14.2 Å². The molecule has 0 spiro atoms. The molecule has 2 saturated carbocycles. The minimum Gasteiger partial charge on any atom is -0.489 e. The highest BCUT2D eigenvalue weighted by Gasteiger charge is 2.62. The van der Waals surface area contributed by atoms with Gasteiger partial charge in [0.15, 0.2) is 5.92 Å². The fourth-order valence-corrected chi connectivity index (χ4v) is 7.56. The first-order valence-electron chi connectivity index (χ1n) is 14.0. The lowest BCUT2D eigenvalue weighted by atomic mass is 9.53. The summed E-state index contributed by atoms with van der Waals surface area (Å²) in [4.78, 5) is 39.5. The summed E-state index contributed by atoms with van der Waals surface area (Å²) in [6, 6.07) is 16.5. The van der Waals surface area contributed by atoms with Gasteiger partial charge in [0.2, 0.25) is 0 Å². The second kappa shape index (κ2) is 10.9. The summed E-state index contributed by atoms with van der Waals surface area (Å²) >= 11 is 0. The Kier molecular flexibility index (Phi) is 7.60. The maximum absolute atomic E-state index is 13.4. The molecule has 202 valence electrons. The smallest absolute Gasteiger partial charge is 0.320 e. The molecule has 6 heteroatoms. The van der Waals surface area contributed by atoms with Crippen LogP contribution in [0.15, 0.2) is 48.5 Å². The highest BCUT2D eigenvalue weighted by molar-refractivity contribution is 5.97. The number of aryl methyl sites for hydroxylation is 1. The zero-order chi connectivity index (χ0) is 26.9. The van der Waals surface area contributed by atoms with Gasteiger partial charge in [0.1, 0.15) is 18.1 Å². The van der Waals surface area contributed by atoms with Crippen LogP contribution in [-0.2, 0) is 36.9 Å². The van der Waals surface area contributed by atoms with Crippen molar-refractivity contribution in [2.24, 2.45) is 29.1 Å². The van der Waals surface area contributed by atoms with Gasteiger partial charge in [0.05, 0.1) is 13.2 Å². The van der Waals surface area contributed by atoms with Crippen LogP contribution in [0.2, 0.25) is 0 Å². The van der Waals surface area contributed by atoms with Gasteiger partial charge in [-0.15, -0.1) is 0 Å². The molecule has 0 aliphatic heterocycles. The largest absolute Gasteiger partial charge is 0.489 e. The third kappa shape index (κ3) is 4.74. The van der Waals surface area contributed by atoms with Crippen LogP contribution in [0.3, 0.4) is 0 Å². The first-order valence-corrected chi connectivity index (χ1v) is 14.0. The number of ketones is 1. The van der Waals surface area contributed by atoms with E-state index in [2.05, 4.69) is 37.3 Å².